The summed E-state index contributed by atoms with van der Waals surface area (Å²) < 4.78 is 4.67. The van der Waals surface area contributed by atoms with E-state index in [-0.39, 0.29) is 5.97 Å². The first kappa shape index (κ1) is 13.0. The zero-order valence-electron chi connectivity index (χ0n) is 10.9. The van der Waals surface area contributed by atoms with Crippen molar-refractivity contribution in [1.82, 2.24) is 9.97 Å². The Balaban J connectivity index is 2.08. The van der Waals surface area contributed by atoms with E-state index in [1.165, 1.54) is 7.11 Å². The van der Waals surface area contributed by atoms with Crippen LogP contribution < -0.4 is 5.32 Å². The number of aryl methyl sites for hydroxylation is 1. The van der Waals surface area contributed by atoms with Crippen molar-refractivity contribution in [1.29, 1.82) is 0 Å². The van der Waals surface area contributed by atoms with Gasteiger partial charge in [-0.3, -0.25) is 4.98 Å². The summed E-state index contributed by atoms with van der Waals surface area (Å²) in [6, 6.07) is 5.24. The molecule has 0 unspecified atom stereocenters. The maximum Gasteiger partial charge on any atom is 0.338 e. The Morgan fingerprint density at radius 3 is 2.95 bits per heavy atom. The molecule has 1 N–H and O–H groups in total. The summed E-state index contributed by atoms with van der Waals surface area (Å²) in [5.41, 5.74) is 2.73. The van der Waals surface area contributed by atoms with E-state index in [9.17, 15) is 4.79 Å². The summed E-state index contributed by atoms with van der Waals surface area (Å²) in [6.07, 6.45) is 5.14. The van der Waals surface area contributed by atoms with Crippen LogP contribution in [0.3, 0.4) is 0 Å². The second kappa shape index (κ2) is 5.95. The van der Waals surface area contributed by atoms with Gasteiger partial charge in [0.15, 0.2) is 0 Å². The molecular formula is C14H15N3O2. The monoisotopic (exact) mass is 257 g/mol. The van der Waals surface area contributed by atoms with E-state index in [0.717, 1.165) is 11.1 Å². The van der Waals surface area contributed by atoms with Gasteiger partial charge in [-0.15, -0.1) is 0 Å². The zero-order valence-corrected chi connectivity index (χ0v) is 10.9. The van der Waals surface area contributed by atoms with E-state index in [1.807, 2.05) is 19.2 Å². The summed E-state index contributed by atoms with van der Waals surface area (Å²) in [7, 11) is 1.36. The molecule has 5 heteroatoms. The highest BCUT2D eigenvalue weighted by atomic mass is 16.5. The molecule has 2 aromatic heterocycles. The smallest absolute Gasteiger partial charge is 0.338 e. The molecule has 0 aliphatic heterocycles. The van der Waals surface area contributed by atoms with Crippen LogP contribution in [0.15, 0.2) is 36.8 Å². The van der Waals surface area contributed by atoms with E-state index >= 15 is 0 Å². The maximum absolute atomic E-state index is 11.4. The number of hydrogen-bond donors (Lipinski definition) is 1. The number of aromatic nitrogens is 2. The topological polar surface area (TPSA) is 64.1 Å². The molecule has 0 bridgehead atoms. The molecular weight excluding hydrogens is 242 g/mol. The van der Waals surface area contributed by atoms with Gasteiger partial charge in [-0.2, -0.15) is 0 Å². The van der Waals surface area contributed by atoms with E-state index < -0.39 is 0 Å². The van der Waals surface area contributed by atoms with Gasteiger partial charge < -0.3 is 10.1 Å². The summed E-state index contributed by atoms with van der Waals surface area (Å²) in [5.74, 6) is 0.268. The molecule has 0 amide bonds. The van der Waals surface area contributed by atoms with Gasteiger partial charge in [0.05, 0.1) is 12.7 Å². The summed E-state index contributed by atoms with van der Waals surface area (Å²) in [6.45, 7) is 2.63. The van der Waals surface area contributed by atoms with Crippen molar-refractivity contribution in [2.75, 3.05) is 12.4 Å². The van der Waals surface area contributed by atoms with Crippen molar-refractivity contribution < 1.29 is 9.53 Å². The van der Waals surface area contributed by atoms with E-state index in [4.69, 9.17) is 0 Å². The Labute approximate surface area is 111 Å². The number of methoxy groups -OCH3 is 1. The predicted octanol–water partition coefficient (Wildman–Crippen LogP) is 2.18. The summed E-state index contributed by atoms with van der Waals surface area (Å²) in [5, 5.41) is 3.17. The van der Waals surface area contributed by atoms with Crippen LogP contribution in [0.5, 0.6) is 0 Å². The van der Waals surface area contributed by atoms with Gasteiger partial charge in [-0.05, 0) is 36.2 Å². The number of anilines is 1. The third kappa shape index (κ3) is 3.28. The Morgan fingerprint density at radius 2 is 2.21 bits per heavy atom. The van der Waals surface area contributed by atoms with Gasteiger partial charge >= 0.3 is 5.97 Å². The van der Waals surface area contributed by atoms with Crippen LogP contribution in [0.1, 0.15) is 21.5 Å². The van der Waals surface area contributed by atoms with Gasteiger partial charge in [-0.1, -0.05) is 0 Å². The highest BCUT2D eigenvalue weighted by Crippen LogP contribution is 2.11. The highest BCUT2D eigenvalue weighted by Gasteiger charge is 2.06. The first-order valence-corrected chi connectivity index (χ1v) is 5.88. The number of nitrogens with one attached hydrogen (secondary N) is 1. The van der Waals surface area contributed by atoms with Crippen molar-refractivity contribution in [3.8, 4) is 0 Å². The maximum atomic E-state index is 11.4. The SMILES string of the molecule is COC(=O)c1ccnc(NCc2ccncc2C)c1. The predicted molar refractivity (Wildman–Crippen MR) is 71.9 cm³/mol. The van der Waals surface area contributed by atoms with Crippen LogP contribution >= 0.6 is 0 Å². The van der Waals surface area contributed by atoms with Gasteiger partial charge in [0.25, 0.3) is 0 Å². The summed E-state index contributed by atoms with van der Waals surface area (Å²) in [4.78, 5) is 19.6. The van der Waals surface area contributed by atoms with Crippen LogP contribution in [0, 0.1) is 6.92 Å². The number of carbonyl (C=O) groups excluding carboxylic acids is 1. The van der Waals surface area contributed by atoms with Crippen molar-refractivity contribution in [2.45, 2.75) is 13.5 Å². The molecule has 2 aromatic rings. The first-order chi connectivity index (χ1) is 9.20. The molecule has 0 spiro atoms. The van der Waals surface area contributed by atoms with E-state index in [1.54, 1.807) is 24.5 Å². The lowest BCUT2D eigenvalue weighted by molar-refractivity contribution is 0.0600. The molecule has 0 saturated carbocycles. The second-order valence-electron chi connectivity index (χ2n) is 4.08. The van der Waals surface area contributed by atoms with Crippen molar-refractivity contribution in [3.05, 3.63) is 53.5 Å². The molecule has 0 radical (unpaired) electrons. The minimum absolute atomic E-state index is 0.370. The quantitative estimate of drug-likeness (QED) is 0.850. The number of rotatable bonds is 4. The van der Waals surface area contributed by atoms with Crippen LogP contribution in [0.25, 0.3) is 0 Å². The number of hydrogen-bond acceptors (Lipinski definition) is 5. The molecule has 0 atom stereocenters. The Hall–Kier alpha value is -2.43. The average Bonchev–Trinajstić information content (AvgIpc) is 2.46. The number of carbonyl (C=O) groups is 1. The largest absolute Gasteiger partial charge is 0.465 e. The van der Waals surface area contributed by atoms with Crippen LogP contribution in [-0.2, 0) is 11.3 Å². The number of ether oxygens (including phenoxy) is 1. The Morgan fingerprint density at radius 1 is 1.37 bits per heavy atom. The number of pyridine rings is 2. The second-order valence-corrected chi connectivity index (χ2v) is 4.08. The molecule has 2 rings (SSSR count). The lowest BCUT2D eigenvalue weighted by atomic mass is 10.1. The number of esters is 1. The van der Waals surface area contributed by atoms with Crippen molar-refractivity contribution in [2.24, 2.45) is 0 Å². The molecule has 98 valence electrons. The van der Waals surface area contributed by atoms with Gasteiger partial charge in [-0.25, -0.2) is 9.78 Å². The lowest BCUT2D eigenvalue weighted by Crippen LogP contribution is -2.06. The molecule has 19 heavy (non-hydrogen) atoms. The van der Waals surface area contributed by atoms with Crippen LogP contribution in [0.2, 0.25) is 0 Å². The minimum atomic E-state index is -0.370. The molecule has 0 aromatic carbocycles. The molecule has 2 heterocycles. The van der Waals surface area contributed by atoms with Gasteiger partial charge in [0.2, 0.25) is 0 Å². The highest BCUT2D eigenvalue weighted by molar-refractivity contribution is 5.89. The standard InChI is InChI=1S/C14H15N3O2/c1-10-8-15-5-3-12(10)9-17-13-7-11(4-6-16-13)14(18)19-2/h3-8H,9H2,1-2H3,(H,16,17). The first-order valence-electron chi connectivity index (χ1n) is 5.88. The van der Waals surface area contributed by atoms with Gasteiger partial charge in [0, 0.05) is 25.1 Å². The van der Waals surface area contributed by atoms with Crippen molar-refractivity contribution in [3.63, 3.8) is 0 Å². The van der Waals surface area contributed by atoms with Crippen molar-refractivity contribution >= 4 is 11.8 Å². The fourth-order valence-corrected chi connectivity index (χ4v) is 1.66. The third-order valence-corrected chi connectivity index (χ3v) is 2.78. The molecule has 0 aliphatic carbocycles. The van der Waals surface area contributed by atoms with Crippen LogP contribution in [0.4, 0.5) is 5.82 Å². The number of nitrogens with zero attached hydrogens (tertiary/aromatic N) is 2. The Kier molecular flexibility index (Phi) is 4.07. The molecule has 0 saturated heterocycles. The normalized spacial score (nSPS) is 10.0. The lowest BCUT2D eigenvalue weighted by Gasteiger charge is -2.08. The van der Waals surface area contributed by atoms with Crippen LogP contribution in [-0.4, -0.2) is 23.0 Å². The fourth-order valence-electron chi connectivity index (χ4n) is 1.66. The summed E-state index contributed by atoms with van der Waals surface area (Å²) >= 11 is 0. The molecule has 0 fully saturated rings. The molecule has 0 aliphatic rings. The van der Waals surface area contributed by atoms with E-state index in [0.29, 0.717) is 17.9 Å². The third-order valence-electron chi connectivity index (χ3n) is 2.78. The minimum Gasteiger partial charge on any atom is -0.465 e. The van der Waals surface area contributed by atoms with Gasteiger partial charge in [0.1, 0.15) is 5.82 Å². The van der Waals surface area contributed by atoms with E-state index in [2.05, 4.69) is 20.0 Å². The fraction of sp³-hybridized carbons (Fsp3) is 0.214. The average molecular weight is 257 g/mol. The Bertz CT molecular complexity index is 584. The zero-order chi connectivity index (χ0) is 13.7. The molecule has 5 nitrogen and oxygen atoms in total.